The maximum atomic E-state index is 12.0. The number of aryl methyl sites for hydroxylation is 1. The van der Waals surface area contributed by atoms with Crippen LogP contribution in [-0.4, -0.2) is 33.8 Å². The molecule has 1 aromatic heterocycles. The summed E-state index contributed by atoms with van der Waals surface area (Å²) in [5, 5.41) is 8.25. The van der Waals surface area contributed by atoms with Gasteiger partial charge in [0.05, 0.1) is 23.5 Å². The fraction of sp³-hybridized carbons (Fsp3) is 0.471. The zero-order valence-corrected chi connectivity index (χ0v) is 14.0. The van der Waals surface area contributed by atoms with E-state index in [-0.39, 0.29) is 18.6 Å². The van der Waals surface area contributed by atoms with Crippen molar-refractivity contribution in [1.82, 2.24) is 20.5 Å². The van der Waals surface area contributed by atoms with Gasteiger partial charge in [0.25, 0.3) is 0 Å². The van der Waals surface area contributed by atoms with E-state index in [0.29, 0.717) is 12.3 Å². The Labute approximate surface area is 140 Å². The zero-order valence-electron chi connectivity index (χ0n) is 14.0. The Kier molecular flexibility index (Phi) is 5.22. The first kappa shape index (κ1) is 16.6. The van der Waals surface area contributed by atoms with Crippen molar-refractivity contribution in [3.8, 4) is 5.69 Å². The number of nitrogens with zero attached hydrogens (tertiary/aromatic N) is 3. The van der Waals surface area contributed by atoms with Crippen LogP contribution in [0.25, 0.3) is 5.69 Å². The molecule has 1 unspecified atom stereocenters. The normalized spacial score (nSPS) is 17.7. The third-order valence-electron chi connectivity index (χ3n) is 4.04. The molecule has 1 aliphatic rings. The molecule has 1 atom stereocenters. The Hall–Kier alpha value is -2.25. The largest absolute Gasteiger partial charge is 0.350 e. The molecule has 7 nitrogen and oxygen atoms in total. The summed E-state index contributed by atoms with van der Waals surface area (Å²) in [6, 6.07) is 7.98. The molecule has 7 heteroatoms. The highest BCUT2D eigenvalue weighted by atomic mass is 16.8. The number of carbonyl (C=O) groups excluding carboxylic acids is 1. The Morgan fingerprint density at radius 1 is 1.33 bits per heavy atom. The van der Waals surface area contributed by atoms with Crippen molar-refractivity contribution in [3.05, 3.63) is 41.2 Å². The number of amides is 1. The van der Waals surface area contributed by atoms with Crippen LogP contribution in [0, 0.1) is 13.8 Å². The third-order valence-corrected chi connectivity index (χ3v) is 4.04. The second kappa shape index (κ2) is 7.55. The van der Waals surface area contributed by atoms with Gasteiger partial charge in [-0.2, -0.15) is 0 Å². The van der Waals surface area contributed by atoms with Gasteiger partial charge in [0.2, 0.25) is 5.91 Å². The van der Waals surface area contributed by atoms with Crippen molar-refractivity contribution in [2.75, 3.05) is 6.61 Å². The smallest absolute Gasteiger partial charge is 0.249 e. The van der Waals surface area contributed by atoms with E-state index in [9.17, 15) is 4.79 Å². The number of hydroxylamine groups is 1. The molecule has 1 saturated heterocycles. The quantitative estimate of drug-likeness (QED) is 0.849. The third kappa shape index (κ3) is 3.98. The standard InChI is InChI=1S/C17H22N4O3/c1-12-6-8-14(9-7-12)21-13(2)15(18-20-21)11-16(22)19-24-17-5-3-4-10-23-17/h6-9,17H,3-5,10-11H2,1-2H3,(H,19,22). The van der Waals surface area contributed by atoms with E-state index >= 15 is 0 Å². The Morgan fingerprint density at radius 3 is 2.83 bits per heavy atom. The Bertz CT molecular complexity index is 690. The van der Waals surface area contributed by atoms with Crippen molar-refractivity contribution in [2.24, 2.45) is 0 Å². The molecule has 24 heavy (non-hydrogen) atoms. The van der Waals surface area contributed by atoms with Crippen molar-refractivity contribution in [3.63, 3.8) is 0 Å². The highest BCUT2D eigenvalue weighted by Crippen LogP contribution is 2.14. The number of benzene rings is 1. The Morgan fingerprint density at radius 2 is 2.12 bits per heavy atom. The van der Waals surface area contributed by atoms with E-state index in [0.717, 1.165) is 30.6 Å². The molecule has 1 aliphatic heterocycles. The number of carbonyl (C=O) groups is 1. The van der Waals surface area contributed by atoms with Crippen LogP contribution in [-0.2, 0) is 20.8 Å². The van der Waals surface area contributed by atoms with Gasteiger partial charge < -0.3 is 4.74 Å². The van der Waals surface area contributed by atoms with Gasteiger partial charge in [0.1, 0.15) is 0 Å². The predicted octanol–water partition coefficient (Wildman–Crippen LogP) is 2.00. The van der Waals surface area contributed by atoms with Crippen molar-refractivity contribution >= 4 is 5.91 Å². The summed E-state index contributed by atoms with van der Waals surface area (Å²) in [7, 11) is 0. The molecule has 0 spiro atoms. The first-order valence-electron chi connectivity index (χ1n) is 8.18. The monoisotopic (exact) mass is 330 g/mol. The second-order valence-electron chi connectivity index (χ2n) is 5.98. The molecule has 0 saturated carbocycles. The van der Waals surface area contributed by atoms with Crippen molar-refractivity contribution in [1.29, 1.82) is 0 Å². The van der Waals surface area contributed by atoms with Gasteiger partial charge in [-0.15, -0.1) is 5.10 Å². The number of nitrogens with one attached hydrogen (secondary N) is 1. The van der Waals surface area contributed by atoms with E-state index < -0.39 is 0 Å². The predicted molar refractivity (Wildman–Crippen MR) is 87.4 cm³/mol. The molecule has 128 valence electrons. The number of hydrogen-bond acceptors (Lipinski definition) is 5. The van der Waals surface area contributed by atoms with E-state index in [4.69, 9.17) is 9.57 Å². The average Bonchev–Trinajstić information content (AvgIpc) is 2.95. The lowest BCUT2D eigenvalue weighted by Gasteiger charge is -2.21. The van der Waals surface area contributed by atoms with Crippen molar-refractivity contribution in [2.45, 2.75) is 45.8 Å². The van der Waals surface area contributed by atoms with E-state index in [2.05, 4.69) is 15.8 Å². The van der Waals surface area contributed by atoms with Crippen LogP contribution >= 0.6 is 0 Å². The molecule has 1 aromatic carbocycles. The first-order valence-corrected chi connectivity index (χ1v) is 8.18. The molecule has 0 bridgehead atoms. The lowest BCUT2D eigenvalue weighted by atomic mass is 10.2. The van der Waals surface area contributed by atoms with Crippen LogP contribution in [0.1, 0.15) is 36.2 Å². The lowest BCUT2D eigenvalue weighted by molar-refractivity contribution is -0.200. The van der Waals surface area contributed by atoms with Crippen LogP contribution in [0.15, 0.2) is 24.3 Å². The number of aromatic nitrogens is 3. The molecular formula is C17H22N4O3. The van der Waals surface area contributed by atoms with Crippen molar-refractivity contribution < 1.29 is 14.4 Å². The minimum Gasteiger partial charge on any atom is -0.350 e. The van der Waals surface area contributed by atoms with Gasteiger partial charge in [0, 0.05) is 13.0 Å². The summed E-state index contributed by atoms with van der Waals surface area (Å²) in [6.07, 6.45) is 2.64. The first-order chi connectivity index (χ1) is 11.6. The number of ether oxygens (including phenoxy) is 1. The highest BCUT2D eigenvalue weighted by Gasteiger charge is 2.18. The van der Waals surface area contributed by atoms with Gasteiger partial charge in [-0.25, -0.2) is 15.0 Å². The molecule has 1 amide bonds. The molecule has 1 fully saturated rings. The molecule has 2 aromatic rings. The molecule has 1 N–H and O–H groups in total. The van der Waals surface area contributed by atoms with E-state index in [1.807, 2.05) is 38.1 Å². The topological polar surface area (TPSA) is 78.3 Å². The van der Waals surface area contributed by atoms with Crippen LogP contribution in [0.3, 0.4) is 0 Å². The maximum Gasteiger partial charge on any atom is 0.249 e. The number of hydrogen-bond donors (Lipinski definition) is 1. The fourth-order valence-corrected chi connectivity index (χ4v) is 2.58. The number of rotatable bonds is 5. The SMILES string of the molecule is Cc1ccc(-n2nnc(CC(=O)NOC3CCCCO3)c2C)cc1. The summed E-state index contributed by atoms with van der Waals surface area (Å²) in [4.78, 5) is 17.3. The highest BCUT2D eigenvalue weighted by molar-refractivity contribution is 5.77. The molecule has 0 radical (unpaired) electrons. The van der Waals surface area contributed by atoms with Crippen LogP contribution in [0.5, 0.6) is 0 Å². The summed E-state index contributed by atoms with van der Waals surface area (Å²) < 4.78 is 7.13. The summed E-state index contributed by atoms with van der Waals surface area (Å²) in [5.74, 6) is -0.261. The summed E-state index contributed by atoms with van der Waals surface area (Å²) in [5.41, 5.74) is 6.01. The van der Waals surface area contributed by atoms with E-state index in [1.54, 1.807) is 4.68 Å². The minimum atomic E-state index is -0.355. The van der Waals surface area contributed by atoms with Gasteiger partial charge in [0.15, 0.2) is 6.29 Å². The maximum absolute atomic E-state index is 12.0. The van der Waals surface area contributed by atoms with Gasteiger partial charge >= 0.3 is 0 Å². The summed E-state index contributed by atoms with van der Waals surface area (Å²) >= 11 is 0. The molecule has 2 heterocycles. The Balaban J connectivity index is 1.59. The van der Waals surface area contributed by atoms with Crippen LogP contribution in [0.4, 0.5) is 0 Å². The van der Waals surface area contributed by atoms with E-state index in [1.165, 1.54) is 5.56 Å². The fourth-order valence-electron chi connectivity index (χ4n) is 2.58. The second-order valence-corrected chi connectivity index (χ2v) is 5.98. The zero-order chi connectivity index (χ0) is 16.9. The van der Waals surface area contributed by atoms with Gasteiger partial charge in [-0.3, -0.25) is 4.79 Å². The molecular weight excluding hydrogens is 308 g/mol. The van der Waals surface area contributed by atoms with Gasteiger partial charge in [-0.05, 0) is 38.8 Å². The molecule has 3 rings (SSSR count). The van der Waals surface area contributed by atoms with Crippen LogP contribution in [0.2, 0.25) is 0 Å². The molecule has 0 aliphatic carbocycles. The van der Waals surface area contributed by atoms with Gasteiger partial charge in [-0.1, -0.05) is 22.9 Å². The summed E-state index contributed by atoms with van der Waals surface area (Å²) in [6.45, 7) is 4.60. The van der Waals surface area contributed by atoms with Crippen LogP contribution < -0.4 is 5.48 Å². The average molecular weight is 330 g/mol. The lowest BCUT2D eigenvalue weighted by Crippen LogP contribution is -2.34. The minimum absolute atomic E-state index is 0.115.